The lowest BCUT2D eigenvalue weighted by Crippen LogP contribution is -2.41. The summed E-state index contributed by atoms with van der Waals surface area (Å²) in [6.45, 7) is 12.5. The zero-order valence-electron chi connectivity index (χ0n) is 21.7. The Morgan fingerprint density at radius 2 is 1.82 bits per heavy atom. The number of ether oxygens (including phenoxy) is 2. The van der Waals surface area contributed by atoms with Gasteiger partial charge in [-0.05, 0) is 74.5 Å². The van der Waals surface area contributed by atoms with Crippen molar-refractivity contribution in [2.45, 2.75) is 92.4 Å². The summed E-state index contributed by atoms with van der Waals surface area (Å²) in [6.07, 6.45) is 8.99. The molecule has 4 unspecified atom stereocenters. The number of para-hydroxylation sites is 1. The van der Waals surface area contributed by atoms with Crippen molar-refractivity contribution < 1.29 is 20.5 Å². The molecular weight excluding hydrogens is 426 g/mol. The lowest BCUT2D eigenvalue weighted by molar-refractivity contribution is -0.147. The Balaban J connectivity index is 0.00000140. The molecule has 4 rings (SSSR count). The van der Waals surface area contributed by atoms with Gasteiger partial charge in [-0.1, -0.05) is 58.7 Å². The molecule has 1 aliphatic heterocycles. The molecule has 2 aliphatic carbocycles. The molecule has 4 atom stereocenters. The van der Waals surface area contributed by atoms with Crippen LogP contribution in [0.15, 0.2) is 53.8 Å². The fraction of sp³-hybridized carbons (Fsp3) is 0.586. The van der Waals surface area contributed by atoms with Crippen LogP contribution in [0.3, 0.4) is 0 Å². The number of amides is 1. The Hall–Kier alpha value is -2.56. The van der Waals surface area contributed by atoms with Crippen molar-refractivity contribution in [2.24, 2.45) is 17.3 Å². The first-order chi connectivity index (χ1) is 16.3. The fourth-order valence-corrected chi connectivity index (χ4v) is 5.89. The first-order valence-corrected chi connectivity index (χ1v) is 12.9. The molecule has 0 saturated heterocycles. The van der Waals surface area contributed by atoms with E-state index in [2.05, 4.69) is 13.8 Å². The molecule has 2 fully saturated rings. The zero-order chi connectivity index (χ0) is 24.9. The number of rotatable bonds is 5. The van der Waals surface area contributed by atoms with E-state index in [-0.39, 0.29) is 19.4 Å². The van der Waals surface area contributed by atoms with Crippen LogP contribution in [0, 0.1) is 17.3 Å². The molecular formula is C29H43NO4. The van der Waals surface area contributed by atoms with E-state index in [4.69, 9.17) is 9.47 Å². The highest BCUT2D eigenvalue weighted by molar-refractivity contribution is 6.09. The van der Waals surface area contributed by atoms with Crippen LogP contribution >= 0.6 is 0 Å². The van der Waals surface area contributed by atoms with E-state index in [1.54, 1.807) is 11.8 Å². The summed E-state index contributed by atoms with van der Waals surface area (Å²) in [5.74, 6) is 0.941. The molecule has 0 spiro atoms. The van der Waals surface area contributed by atoms with Gasteiger partial charge < -0.3 is 9.47 Å². The van der Waals surface area contributed by atoms with Crippen LogP contribution in [0.2, 0.25) is 0 Å². The first-order valence-electron chi connectivity index (χ1n) is 12.9. The Morgan fingerprint density at radius 1 is 1.12 bits per heavy atom. The molecule has 1 heterocycles. The highest BCUT2D eigenvalue weighted by atomic mass is 16.5. The number of anilines is 1. The molecule has 0 aromatic heterocycles. The van der Waals surface area contributed by atoms with Crippen LogP contribution in [0.5, 0.6) is 0 Å². The molecule has 3 aliphatic rings. The van der Waals surface area contributed by atoms with E-state index in [9.17, 15) is 9.59 Å². The van der Waals surface area contributed by atoms with Crippen LogP contribution in [0.25, 0.3) is 0 Å². The van der Waals surface area contributed by atoms with Crippen molar-refractivity contribution in [3.8, 4) is 0 Å². The number of carbonyl (C=O) groups excluding carboxylic acids is 2. The van der Waals surface area contributed by atoms with Crippen molar-refractivity contribution in [3.05, 3.63) is 53.8 Å². The van der Waals surface area contributed by atoms with Crippen LogP contribution in [-0.4, -0.2) is 24.2 Å². The van der Waals surface area contributed by atoms with E-state index < -0.39 is 6.23 Å². The summed E-state index contributed by atoms with van der Waals surface area (Å²) in [4.78, 5) is 26.8. The maximum atomic E-state index is 12.7. The minimum Gasteiger partial charge on any atom is -0.473 e. The Kier molecular flexibility index (Phi) is 8.62. The number of esters is 1. The average molecular weight is 470 g/mol. The molecule has 188 valence electrons. The van der Waals surface area contributed by atoms with E-state index >= 15 is 0 Å². The maximum absolute atomic E-state index is 12.7. The molecule has 5 nitrogen and oxygen atoms in total. The minimum absolute atomic E-state index is 0. The lowest BCUT2D eigenvalue weighted by atomic mass is 9.58. The van der Waals surface area contributed by atoms with Crippen molar-refractivity contribution in [3.63, 3.8) is 0 Å². The molecule has 1 aromatic rings. The summed E-state index contributed by atoms with van der Waals surface area (Å²) in [5, 5.41) is 0. The van der Waals surface area contributed by atoms with E-state index in [0.717, 1.165) is 36.4 Å². The van der Waals surface area contributed by atoms with Gasteiger partial charge in [0.05, 0.1) is 12.3 Å². The predicted molar refractivity (Wildman–Crippen MR) is 138 cm³/mol. The molecule has 0 bridgehead atoms. The summed E-state index contributed by atoms with van der Waals surface area (Å²) in [5.41, 5.74) is 2.68. The van der Waals surface area contributed by atoms with Crippen LogP contribution in [0.4, 0.5) is 5.69 Å². The van der Waals surface area contributed by atoms with Gasteiger partial charge in [-0.25, -0.2) is 4.79 Å². The van der Waals surface area contributed by atoms with E-state index in [0.29, 0.717) is 16.9 Å². The zero-order valence-corrected chi connectivity index (χ0v) is 21.7. The summed E-state index contributed by atoms with van der Waals surface area (Å²) in [6, 6.07) is 9.43. The van der Waals surface area contributed by atoms with Crippen molar-refractivity contribution in [1.82, 2.24) is 0 Å². The van der Waals surface area contributed by atoms with Gasteiger partial charge in [0.15, 0.2) is 0 Å². The third-order valence-corrected chi connectivity index (χ3v) is 7.80. The van der Waals surface area contributed by atoms with Gasteiger partial charge in [-0.3, -0.25) is 9.69 Å². The second-order valence-corrected chi connectivity index (χ2v) is 10.2. The van der Waals surface area contributed by atoms with Gasteiger partial charge in [0.1, 0.15) is 6.10 Å². The molecule has 0 N–H and O–H groups in total. The van der Waals surface area contributed by atoms with Crippen LogP contribution in [-0.2, 0) is 19.1 Å². The Morgan fingerprint density at radius 3 is 2.53 bits per heavy atom. The summed E-state index contributed by atoms with van der Waals surface area (Å²) >= 11 is 0. The van der Waals surface area contributed by atoms with Crippen LogP contribution in [0.1, 0.15) is 81.5 Å². The Bertz CT molecular complexity index is 924. The predicted octanol–water partition coefficient (Wildman–Crippen LogP) is 7.04. The number of fused-ring (bicyclic) bond motifs is 1. The third-order valence-electron chi connectivity index (χ3n) is 7.80. The highest BCUT2D eigenvalue weighted by Gasteiger charge is 2.43. The third kappa shape index (κ3) is 5.56. The van der Waals surface area contributed by atoms with Gasteiger partial charge in [-0.2, -0.15) is 0 Å². The largest absolute Gasteiger partial charge is 0.473 e. The van der Waals surface area contributed by atoms with Gasteiger partial charge in [0.25, 0.3) is 5.91 Å². The average Bonchev–Trinajstić information content (AvgIpc) is 3.04. The normalized spacial score (nSPS) is 28.3. The molecule has 1 amide bonds. The summed E-state index contributed by atoms with van der Waals surface area (Å²) < 4.78 is 11.6. The molecule has 34 heavy (non-hydrogen) atoms. The number of hydrogen-bond acceptors (Lipinski definition) is 4. The SMILES string of the molecule is CC.CC1=C(C)C(O/C=C/C(=O)OC2CCC3C(CCCC3(C)C)C2)N(c2ccccc2)C1=O.[HH]. The monoisotopic (exact) mass is 469 g/mol. The quantitative estimate of drug-likeness (QED) is 0.264. The van der Waals surface area contributed by atoms with Gasteiger partial charge in [0.2, 0.25) is 6.23 Å². The van der Waals surface area contributed by atoms with Gasteiger partial charge >= 0.3 is 5.97 Å². The topological polar surface area (TPSA) is 55.8 Å². The highest BCUT2D eigenvalue weighted by Crippen LogP contribution is 2.50. The van der Waals surface area contributed by atoms with Crippen molar-refractivity contribution >= 4 is 17.6 Å². The first kappa shape index (κ1) is 26.1. The van der Waals surface area contributed by atoms with Crippen molar-refractivity contribution in [1.29, 1.82) is 0 Å². The molecule has 1 aromatic carbocycles. The Labute approximate surface area is 206 Å². The lowest BCUT2D eigenvalue weighted by Gasteiger charge is -2.48. The fourth-order valence-electron chi connectivity index (χ4n) is 5.89. The smallest absolute Gasteiger partial charge is 0.334 e. The minimum atomic E-state index is -0.561. The number of carbonyl (C=O) groups is 2. The maximum Gasteiger partial charge on any atom is 0.334 e. The standard InChI is InChI=1S/C27H35NO4.C2H6.H2/c1-18-19(2)26(28(25(18)30)21-10-6-5-7-11-21)31-16-14-24(29)32-22-12-13-23-20(17-22)9-8-15-27(23,3)4;1-2;/h5-7,10-11,14,16,20,22-23,26H,8-9,12-13,15,17H2,1-4H3;1-2H3;1H/b16-14+;;. The van der Waals surface area contributed by atoms with Gasteiger partial charge in [0, 0.05) is 12.7 Å². The number of benzene rings is 1. The molecule has 5 heteroatoms. The molecule has 2 saturated carbocycles. The van der Waals surface area contributed by atoms with Gasteiger partial charge in [-0.15, -0.1) is 0 Å². The van der Waals surface area contributed by atoms with E-state index in [1.807, 2.05) is 51.1 Å². The van der Waals surface area contributed by atoms with Crippen molar-refractivity contribution in [2.75, 3.05) is 4.90 Å². The molecule has 0 radical (unpaired) electrons. The summed E-state index contributed by atoms with van der Waals surface area (Å²) in [7, 11) is 0. The number of hydrogen-bond donors (Lipinski definition) is 0. The van der Waals surface area contributed by atoms with Crippen LogP contribution < -0.4 is 4.90 Å². The second kappa shape index (κ2) is 11.2. The second-order valence-electron chi connectivity index (χ2n) is 10.2. The number of nitrogens with zero attached hydrogens (tertiary/aromatic N) is 1. The van der Waals surface area contributed by atoms with E-state index in [1.165, 1.54) is 31.6 Å².